The quantitative estimate of drug-likeness (QED) is 0.302. The van der Waals surface area contributed by atoms with Gasteiger partial charge in [-0.15, -0.1) is 11.3 Å². The second kappa shape index (κ2) is 12.3. The molecule has 45 heavy (non-hydrogen) atoms. The number of aliphatic hydroxyl groups excluding tert-OH is 1. The number of benzene rings is 1. The number of Topliss-reactive ketones (excluding diaryl/α,β-unsaturated/α-hetero) is 1. The van der Waals surface area contributed by atoms with E-state index < -0.39 is 5.41 Å². The number of nitrogens with one attached hydrogen (secondary N) is 2. The minimum absolute atomic E-state index is 0.103. The number of rotatable bonds is 8. The molecule has 5 heterocycles. The molecule has 1 amide bonds. The summed E-state index contributed by atoms with van der Waals surface area (Å²) in [4.78, 5) is 37.8. The number of H-pyrrole nitrogens is 1. The fourth-order valence-electron chi connectivity index (χ4n) is 8.76. The van der Waals surface area contributed by atoms with Crippen LogP contribution in [0.4, 0.5) is 0 Å². The van der Waals surface area contributed by atoms with E-state index in [1.165, 1.54) is 44.6 Å². The third-order valence-corrected chi connectivity index (χ3v) is 12.8. The Labute approximate surface area is 271 Å². The van der Waals surface area contributed by atoms with Crippen LogP contribution in [0, 0.1) is 31.6 Å². The number of ketones is 1. The number of hydrogen-bond acceptors (Lipinski definition) is 6. The monoisotopic (exact) mass is 630 g/mol. The van der Waals surface area contributed by atoms with Gasteiger partial charge in [0.15, 0.2) is 0 Å². The highest BCUT2D eigenvalue weighted by Gasteiger charge is 2.50. The Bertz CT molecular complexity index is 1530. The topological polar surface area (TPSA) is 88.7 Å². The number of likely N-dealkylation sites (tertiary alicyclic amines) is 2. The van der Waals surface area contributed by atoms with Crippen molar-refractivity contribution in [3.63, 3.8) is 0 Å². The van der Waals surface area contributed by atoms with Crippen LogP contribution in [-0.4, -0.2) is 83.0 Å². The number of piperidine rings is 3. The number of carbonyl (C=O) groups is 2. The third kappa shape index (κ3) is 5.92. The van der Waals surface area contributed by atoms with E-state index >= 15 is 0 Å². The van der Waals surface area contributed by atoms with E-state index in [2.05, 4.69) is 67.2 Å². The molecule has 3 unspecified atom stereocenters. The molecule has 0 spiro atoms. The molecule has 1 aromatic carbocycles. The van der Waals surface area contributed by atoms with Gasteiger partial charge in [0, 0.05) is 47.8 Å². The molecule has 3 aromatic rings. The predicted molar refractivity (Wildman–Crippen MR) is 182 cm³/mol. The Balaban J connectivity index is 1.10. The lowest BCUT2D eigenvalue weighted by atomic mass is 9.76. The van der Waals surface area contributed by atoms with Gasteiger partial charge in [-0.1, -0.05) is 17.2 Å². The zero-order valence-electron chi connectivity index (χ0n) is 27.5. The highest BCUT2D eigenvalue weighted by molar-refractivity contribution is 7.19. The van der Waals surface area contributed by atoms with Crippen molar-refractivity contribution in [2.45, 2.75) is 90.2 Å². The number of thiophene rings is 1. The second-order valence-electron chi connectivity index (χ2n) is 15.0. The SMILES string of the molecule is Cc1cc(C)cc(-c2[nH]c3sc(C(C)(C)C(=O)C4C5CCC4NC5)cc3c2CCN2CCC(C(=O)N3CCC(O)CC3)CC2)c1. The largest absolute Gasteiger partial charge is 0.393 e. The first kappa shape index (κ1) is 31.1. The molecule has 1 aliphatic carbocycles. The molecule has 4 fully saturated rings. The number of aromatic nitrogens is 1. The minimum Gasteiger partial charge on any atom is -0.393 e. The number of hydrogen-bond donors (Lipinski definition) is 3. The van der Waals surface area contributed by atoms with Crippen LogP contribution < -0.4 is 5.32 Å². The van der Waals surface area contributed by atoms with Crippen LogP contribution >= 0.6 is 11.3 Å². The van der Waals surface area contributed by atoms with E-state index in [1.807, 2.05) is 4.90 Å². The molecule has 3 aliphatic heterocycles. The van der Waals surface area contributed by atoms with Crippen LogP contribution in [0.15, 0.2) is 24.3 Å². The summed E-state index contributed by atoms with van der Waals surface area (Å²) in [6, 6.07) is 9.45. The number of aryl methyl sites for hydroxylation is 2. The molecule has 0 radical (unpaired) electrons. The fourth-order valence-corrected chi connectivity index (χ4v) is 9.96. The maximum absolute atomic E-state index is 14.0. The lowest BCUT2D eigenvalue weighted by Gasteiger charge is -2.36. The van der Waals surface area contributed by atoms with Crippen molar-refractivity contribution in [1.82, 2.24) is 20.1 Å². The molecule has 7 nitrogen and oxygen atoms in total. The molecule has 4 aliphatic rings. The van der Waals surface area contributed by atoms with Crippen LogP contribution in [0.5, 0.6) is 0 Å². The Morgan fingerprint density at radius 1 is 0.956 bits per heavy atom. The number of amides is 1. The summed E-state index contributed by atoms with van der Waals surface area (Å²) < 4.78 is 0. The van der Waals surface area contributed by atoms with Gasteiger partial charge in [0.2, 0.25) is 5.91 Å². The van der Waals surface area contributed by atoms with Gasteiger partial charge >= 0.3 is 0 Å². The zero-order valence-corrected chi connectivity index (χ0v) is 28.3. The first-order chi connectivity index (χ1) is 21.6. The van der Waals surface area contributed by atoms with E-state index in [1.54, 1.807) is 11.3 Å². The van der Waals surface area contributed by atoms with Crippen molar-refractivity contribution in [1.29, 1.82) is 0 Å². The predicted octanol–water partition coefficient (Wildman–Crippen LogP) is 5.60. The molecule has 242 valence electrons. The summed E-state index contributed by atoms with van der Waals surface area (Å²) in [6.45, 7) is 13.8. The zero-order chi connectivity index (χ0) is 31.5. The molecule has 7 rings (SSSR count). The normalized spacial score (nSPS) is 25.1. The summed E-state index contributed by atoms with van der Waals surface area (Å²) in [6.07, 6.45) is 6.18. The van der Waals surface area contributed by atoms with Crippen molar-refractivity contribution in [2.24, 2.45) is 17.8 Å². The molecular formula is C37H50N4O3S. The molecule has 3 N–H and O–H groups in total. The van der Waals surface area contributed by atoms with Gasteiger partial charge in [-0.2, -0.15) is 0 Å². The van der Waals surface area contributed by atoms with Crippen LogP contribution in [0.2, 0.25) is 0 Å². The van der Waals surface area contributed by atoms with Gasteiger partial charge in [0.1, 0.15) is 10.6 Å². The van der Waals surface area contributed by atoms with Gasteiger partial charge in [0.05, 0.1) is 17.2 Å². The van der Waals surface area contributed by atoms with E-state index in [-0.39, 0.29) is 23.8 Å². The summed E-state index contributed by atoms with van der Waals surface area (Å²) in [5.74, 6) is 1.42. The van der Waals surface area contributed by atoms with Gasteiger partial charge in [-0.3, -0.25) is 9.59 Å². The van der Waals surface area contributed by atoms with Crippen LogP contribution in [0.1, 0.15) is 73.9 Å². The Morgan fingerprint density at radius 2 is 1.67 bits per heavy atom. The third-order valence-electron chi connectivity index (χ3n) is 11.5. The van der Waals surface area contributed by atoms with Crippen LogP contribution in [-0.2, 0) is 21.4 Å². The number of carbonyl (C=O) groups excluding carboxylic acids is 2. The van der Waals surface area contributed by atoms with Crippen molar-refractivity contribution in [3.05, 3.63) is 45.8 Å². The summed E-state index contributed by atoms with van der Waals surface area (Å²) in [5, 5.41) is 14.7. The Kier molecular flexibility index (Phi) is 8.47. The van der Waals surface area contributed by atoms with Gasteiger partial charge in [0.25, 0.3) is 0 Å². The lowest BCUT2D eigenvalue weighted by molar-refractivity contribution is -0.139. The molecule has 8 heteroatoms. The molecule has 1 saturated carbocycles. The molecule has 2 bridgehead atoms. The summed E-state index contributed by atoms with van der Waals surface area (Å²) >= 11 is 1.76. The molecule has 2 aromatic heterocycles. The number of nitrogens with zero attached hydrogens (tertiary/aromatic N) is 2. The molecular weight excluding hydrogens is 580 g/mol. The standard InChI is InChI=1S/C37H50N4O3S/c1-22-17-23(2)19-26(18-22)33-28(11-14-40-12-7-24(8-13-40)36(44)41-15-9-27(42)10-16-41)29-20-31(45-35(29)39-33)37(3,4)34(43)32-25-5-6-30(32)38-21-25/h17-20,24-25,27,30,32,38-39,42H,5-16,21H2,1-4H3. The average Bonchev–Trinajstić information content (AvgIpc) is 3.80. The summed E-state index contributed by atoms with van der Waals surface area (Å²) in [5.41, 5.74) is 5.78. The van der Waals surface area contributed by atoms with Crippen molar-refractivity contribution in [3.8, 4) is 11.3 Å². The Morgan fingerprint density at radius 3 is 2.29 bits per heavy atom. The smallest absolute Gasteiger partial charge is 0.225 e. The van der Waals surface area contributed by atoms with Gasteiger partial charge in [-0.05, 0) is 128 Å². The van der Waals surface area contributed by atoms with Crippen molar-refractivity contribution >= 4 is 33.2 Å². The van der Waals surface area contributed by atoms with Gasteiger partial charge < -0.3 is 25.2 Å². The van der Waals surface area contributed by atoms with E-state index in [0.29, 0.717) is 43.7 Å². The lowest BCUT2D eigenvalue weighted by Crippen LogP contribution is -2.46. The van der Waals surface area contributed by atoms with E-state index in [4.69, 9.17) is 0 Å². The second-order valence-corrected chi connectivity index (χ2v) is 16.1. The first-order valence-electron chi connectivity index (χ1n) is 17.3. The maximum Gasteiger partial charge on any atom is 0.225 e. The van der Waals surface area contributed by atoms with Crippen molar-refractivity contribution < 1.29 is 14.7 Å². The average molecular weight is 631 g/mol. The Hall–Kier alpha value is -2.52. The van der Waals surface area contributed by atoms with Crippen LogP contribution in [0.25, 0.3) is 21.5 Å². The number of aromatic amines is 1. The summed E-state index contributed by atoms with van der Waals surface area (Å²) in [7, 11) is 0. The fraction of sp³-hybridized carbons (Fsp3) is 0.622. The van der Waals surface area contributed by atoms with E-state index in [9.17, 15) is 14.7 Å². The number of fused-ring (bicyclic) bond motifs is 3. The molecule has 3 saturated heterocycles. The highest BCUT2D eigenvalue weighted by atomic mass is 32.1. The van der Waals surface area contributed by atoms with Crippen LogP contribution in [0.3, 0.4) is 0 Å². The minimum atomic E-state index is -0.514. The maximum atomic E-state index is 14.0. The highest BCUT2D eigenvalue weighted by Crippen LogP contribution is 2.45. The number of aliphatic hydroxyl groups is 1. The van der Waals surface area contributed by atoms with E-state index in [0.717, 1.165) is 56.7 Å². The van der Waals surface area contributed by atoms with Crippen molar-refractivity contribution in [2.75, 3.05) is 39.3 Å². The molecule has 3 atom stereocenters. The first-order valence-corrected chi connectivity index (χ1v) is 18.1. The van der Waals surface area contributed by atoms with Gasteiger partial charge in [-0.25, -0.2) is 0 Å².